The highest BCUT2D eigenvalue weighted by atomic mass is 35.5. The van der Waals surface area contributed by atoms with Crippen LogP contribution < -0.4 is 10.1 Å². The average molecular weight is 294 g/mol. The third kappa shape index (κ3) is 3.95. The van der Waals surface area contributed by atoms with Gasteiger partial charge in [-0.3, -0.25) is 0 Å². The minimum atomic E-state index is -0.266. The Morgan fingerprint density at radius 1 is 1.20 bits per heavy atom. The summed E-state index contributed by atoms with van der Waals surface area (Å²) in [6.45, 7) is 3.89. The molecule has 4 heteroatoms. The van der Waals surface area contributed by atoms with Crippen LogP contribution >= 0.6 is 11.6 Å². The molecule has 2 nitrogen and oxygen atoms in total. The zero-order valence-electron chi connectivity index (χ0n) is 11.3. The predicted molar refractivity (Wildman–Crippen MR) is 79.6 cm³/mol. The Balaban J connectivity index is 2.11. The number of halogens is 2. The molecule has 0 amide bonds. The second kappa shape index (κ2) is 7.27. The fraction of sp³-hybridized carbons (Fsp3) is 0.250. The van der Waals surface area contributed by atoms with Gasteiger partial charge in [-0.2, -0.15) is 0 Å². The number of rotatable bonds is 6. The van der Waals surface area contributed by atoms with Crippen LogP contribution in [-0.2, 0) is 13.2 Å². The molecule has 0 saturated heterocycles. The number of benzene rings is 2. The summed E-state index contributed by atoms with van der Waals surface area (Å²) in [6, 6.07) is 12.0. The SMILES string of the molecule is CCNCc1cccc(Cl)c1OCc1cccc(F)c1. The molecule has 2 aromatic carbocycles. The molecule has 1 N–H and O–H groups in total. The van der Waals surface area contributed by atoms with Gasteiger partial charge in [0.25, 0.3) is 0 Å². The van der Waals surface area contributed by atoms with E-state index in [2.05, 4.69) is 5.32 Å². The van der Waals surface area contributed by atoms with Gasteiger partial charge >= 0.3 is 0 Å². The van der Waals surface area contributed by atoms with Crippen LogP contribution in [-0.4, -0.2) is 6.54 Å². The van der Waals surface area contributed by atoms with E-state index in [-0.39, 0.29) is 5.82 Å². The van der Waals surface area contributed by atoms with Gasteiger partial charge in [0.1, 0.15) is 18.2 Å². The van der Waals surface area contributed by atoms with E-state index in [1.54, 1.807) is 12.1 Å². The minimum absolute atomic E-state index is 0.266. The third-order valence-corrected chi connectivity index (χ3v) is 3.18. The van der Waals surface area contributed by atoms with Gasteiger partial charge in [0.2, 0.25) is 0 Å². The van der Waals surface area contributed by atoms with Crippen molar-refractivity contribution in [3.05, 3.63) is 64.4 Å². The van der Waals surface area contributed by atoms with Gasteiger partial charge in [-0.05, 0) is 30.3 Å². The molecule has 106 valence electrons. The lowest BCUT2D eigenvalue weighted by molar-refractivity contribution is 0.302. The van der Waals surface area contributed by atoms with E-state index in [4.69, 9.17) is 16.3 Å². The molecule has 2 aromatic rings. The number of nitrogens with one attached hydrogen (secondary N) is 1. The fourth-order valence-electron chi connectivity index (χ4n) is 1.90. The van der Waals surface area contributed by atoms with E-state index < -0.39 is 0 Å². The maximum Gasteiger partial charge on any atom is 0.142 e. The second-order valence-electron chi connectivity index (χ2n) is 4.43. The molecule has 0 radical (unpaired) electrons. The highest BCUT2D eigenvalue weighted by molar-refractivity contribution is 6.32. The van der Waals surface area contributed by atoms with Crippen molar-refractivity contribution < 1.29 is 9.13 Å². The summed E-state index contributed by atoms with van der Waals surface area (Å²) < 4.78 is 18.9. The highest BCUT2D eigenvalue weighted by Crippen LogP contribution is 2.29. The molecule has 0 spiro atoms. The van der Waals surface area contributed by atoms with Crippen molar-refractivity contribution in [1.82, 2.24) is 5.32 Å². The first-order valence-electron chi connectivity index (χ1n) is 6.56. The summed E-state index contributed by atoms with van der Waals surface area (Å²) in [5, 5.41) is 3.81. The third-order valence-electron chi connectivity index (χ3n) is 2.89. The number of hydrogen-bond donors (Lipinski definition) is 1. The molecule has 0 fully saturated rings. The minimum Gasteiger partial charge on any atom is -0.487 e. The summed E-state index contributed by atoms with van der Waals surface area (Å²) in [7, 11) is 0. The fourth-order valence-corrected chi connectivity index (χ4v) is 2.14. The Labute approximate surface area is 123 Å². The molecular formula is C16H17ClFNO. The molecular weight excluding hydrogens is 277 g/mol. The number of para-hydroxylation sites is 1. The molecule has 0 heterocycles. The van der Waals surface area contributed by atoms with Crippen molar-refractivity contribution in [1.29, 1.82) is 0 Å². The van der Waals surface area contributed by atoms with Crippen LogP contribution in [0.25, 0.3) is 0 Å². The molecule has 0 aliphatic carbocycles. The summed E-state index contributed by atoms with van der Waals surface area (Å²) >= 11 is 6.18. The average Bonchev–Trinajstić information content (AvgIpc) is 2.44. The van der Waals surface area contributed by atoms with E-state index in [1.165, 1.54) is 12.1 Å². The van der Waals surface area contributed by atoms with E-state index in [0.29, 0.717) is 23.9 Å². The van der Waals surface area contributed by atoms with Gasteiger partial charge in [0.15, 0.2) is 0 Å². The van der Waals surface area contributed by atoms with E-state index in [1.807, 2.05) is 25.1 Å². The van der Waals surface area contributed by atoms with E-state index >= 15 is 0 Å². The summed E-state index contributed by atoms with van der Waals surface area (Å²) in [6.07, 6.45) is 0. The van der Waals surface area contributed by atoms with Crippen LogP contribution in [0.5, 0.6) is 5.75 Å². The Morgan fingerprint density at radius 2 is 2.00 bits per heavy atom. The lowest BCUT2D eigenvalue weighted by atomic mass is 10.2. The van der Waals surface area contributed by atoms with Crippen molar-refractivity contribution in [2.45, 2.75) is 20.1 Å². The van der Waals surface area contributed by atoms with Crippen molar-refractivity contribution >= 4 is 11.6 Å². The number of ether oxygens (including phenoxy) is 1. The maximum atomic E-state index is 13.1. The van der Waals surface area contributed by atoms with Gasteiger partial charge in [-0.1, -0.05) is 42.8 Å². The molecule has 0 saturated carbocycles. The molecule has 2 rings (SSSR count). The smallest absolute Gasteiger partial charge is 0.142 e. The molecule has 0 aromatic heterocycles. The predicted octanol–water partition coefficient (Wildman–Crippen LogP) is 4.17. The normalized spacial score (nSPS) is 10.6. The molecule has 0 aliphatic heterocycles. The summed E-state index contributed by atoms with van der Waals surface area (Å²) in [4.78, 5) is 0. The molecule has 0 atom stereocenters. The Morgan fingerprint density at radius 3 is 2.75 bits per heavy atom. The second-order valence-corrected chi connectivity index (χ2v) is 4.83. The largest absolute Gasteiger partial charge is 0.487 e. The van der Waals surface area contributed by atoms with Gasteiger partial charge in [0.05, 0.1) is 5.02 Å². The van der Waals surface area contributed by atoms with Gasteiger partial charge in [-0.25, -0.2) is 4.39 Å². The summed E-state index contributed by atoms with van der Waals surface area (Å²) in [5.74, 6) is 0.387. The first kappa shape index (κ1) is 14.8. The maximum absolute atomic E-state index is 13.1. The van der Waals surface area contributed by atoms with E-state index in [0.717, 1.165) is 17.7 Å². The lowest BCUT2D eigenvalue weighted by Gasteiger charge is -2.13. The van der Waals surface area contributed by atoms with Crippen LogP contribution in [0.15, 0.2) is 42.5 Å². The van der Waals surface area contributed by atoms with Gasteiger partial charge in [-0.15, -0.1) is 0 Å². The first-order chi connectivity index (χ1) is 9.70. The standard InChI is InChI=1S/C16H17ClFNO/c1-2-19-10-13-6-4-8-15(17)16(13)20-11-12-5-3-7-14(18)9-12/h3-9,19H,2,10-11H2,1H3. The first-order valence-corrected chi connectivity index (χ1v) is 6.94. The van der Waals surface area contributed by atoms with Crippen molar-refractivity contribution in [3.8, 4) is 5.75 Å². The zero-order valence-corrected chi connectivity index (χ0v) is 12.1. The van der Waals surface area contributed by atoms with Crippen molar-refractivity contribution in [3.63, 3.8) is 0 Å². The van der Waals surface area contributed by atoms with Gasteiger partial charge < -0.3 is 10.1 Å². The highest BCUT2D eigenvalue weighted by Gasteiger charge is 2.08. The lowest BCUT2D eigenvalue weighted by Crippen LogP contribution is -2.13. The van der Waals surface area contributed by atoms with Crippen LogP contribution in [0.1, 0.15) is 18.1 Å². The summed E-state index contributed by atoms with van der Waals surface area (Å²) in [5.41, 5.74) is 1.77. The molecule has 20 heavy (non-hydrogen) atoms. The van der Waals surface area contributed by atoms with Crippen molar-refractivity contribution in [2.75, 3.05) is 6.54 Å². The van der Waals surface area contributed by atoms with E-state index in [9.17, 15) is 4.39 Å². The zero-order chi connectivity index (χ0) is 14.4. The van der Waals surface area contributed by atoms with Crippen LogP contribution in [0, 0.1) is 5.82 Å². The molecule has 0 aliphatic rings. The quantitative estimate of drug-likeness (QED) is 0.863. The van der Waals surface area contributed by atoms with Crippen LogP contribution in [0.3, 0.4) is 0 Å². The van der Waals surface area contributed by atoms with Crippen LogP contribution in [0.4, 0.5) is 4.39 Å². The topological polar surface area (TPSA) is 21.3 Å². The number of hydrogen-bond acceptors (Lipinski definition) is 2. The Hall–Kier alpha value is -1.58. The van der Waals surface area contributed by atoms with Crippen molar-refractivity contribution in [2.24, 2.45) is 0 Å². The Kier molecular flexibility index (Phi) is 5.39. The molecule has 0 unspecified atom stereocenters. The molecule has 0 bridgehead atoms. The monoisotopic (exact) mass is 293 g/mol. The van der Waals surface area contributed by atoms with Gasteiger partial charge in [0, 0.05) is 12.1 Å². The van der Waals surface area contributed by atoms with Crippen LogP contribution in [0.2, 0.25) is 5.02 Å². The Bertz CT molecular complexity index is 574.